The average molecular weight is 375 g/mol. The number of aromatic nitrogens is 4. The van der Waals surface area contributed by atoms with E-state index < -0.39 is 11.2 Å². The van der Waals surface area contributed by atoms with Crippen LogP contribution in [0.1, 0.15) is 46.5 Å². The van der Waals surface area contributed by atoms with Crippen LogP contribution >= 0.6 is 0 Å². The third-order valence-corrected chi connectivity index (χ3v) is 5.73. The molecule has 148 valence electrons. The molecule has 1 N–H and O–H groups in total. The van der Waals surface area contributed by atoms with Gasteiger partial charge in [0.15, 0.2) is 11.2 Å². The van der Waals surface area contributed by atoms with Crippen LogP contribution < -0.4 is 16.6 Å². The van der Waals surface area contributed by atoms with Crippen LogP contribution in [-0.2, 0) is 25.4 Å². The van der Waals surface area contributed by atoms with Crippen molar-refractivity contribution in [1.29, 1.82) is 0 Å². The average Bonchev–Trinajstić information content (AvgIpc) is 2.98. The molecule has 8 heteroatoms. The van der Waals surface area contributed by atoms with Crippen molar-refractivity contribution in [1.82, 2.24) is 24.0 Å². The summed E-state index contributed by atoms with van der Waals surface area (Å²) in [5, 5.41) is 3.09. The summed E-state index contributed by atoms with van der Waals surface area (Å²) in [5.41, 5.74) is -0.283. The van der Waals surface area contributed by atoms with Gasteiger partial charge in [0, 0.05) is 20.1 Å². The zero-order chi connectivity index (χ0) is 19.9. The first kappa shape index (κ1) is 19.4. The summed E-state index contributed by atoms with van der Waals surface area (Å²) in [6, 6.07) is 0.0752. The molecule has 1 aliphatic rings. The highest BCUT2D eigenvalue weighted by molar-refractivity contribution is 5.77. The molecule has 0 aromatic carbocycles. The highest BCUT2D eigenvalue weighted by Gasteiger charge is 2.35. The normalized spacial score (nSPS) is 20.8. The Morgan fingerprint density at radius 2 is 1.89 bits per heavy atom. The monoisotopic (exact) mass is 375 g/mol. The lowest BCUT2D eigenvalue weighted by Gasteiger charge is -2.40. The second-order valence-corrected chi connectivity index (χ2v) is 8.69. The van der Waals surface area contributed by atoms with E-state index in [4.69, 9.17) is 0 Å². The number of amides is 1. The molecule has 1 amide bonds. The molecule has 0 radical (unpaired) electrons. The topological polar surface area (TPSA) is 90.9 Å². The molecule has 0 aliphatic heterocycles. The first-order valence-corrected chi connectivity index (χ1v) is 9.51. The van der Waals surface area contributed by atoms with Crippen LogP contribution in [0, 0.1) is 11.3 Å². The summed E-state index contributed by atoms with van der Waals surface area (Å²) >= 11 is 0. The Balaban J connectivity index is 1.87. The number of hydrogen-bond donors (Lipinski definition) is 1. The van der Waals surface area contributed by atoms with Crippen molar-refractivity contribution in [2.75, 3.05) is 0 Å². The van der Waals surface area contributed by atoms with E-state index in [1.54, 1.807) is 18.7 Å². The Bertz CT molecular complexity index is 976. The number of aryl methyl sites for hydroxylation is 2. The minimum Gasteiger partial charge on any atom is -0.352 e. The SMILES string of the molecule is Cn1cnc2c1c(=O)n(CC(=O)NC1CCCCC1C(C)(C)C)c(=O)n2C. The lowest BCUT2D eigenvalue weighted by Crippen LogP contribution is -2.50. The summed E-state index contributed by atoms with van der Waals surface area (Å²) < 4.78 is 3.87. The van der Waals surface area contributed by atoms with E-state index in [0.29, 0.717) is 17.1 Å². The second-order valence-electron chi connectivity index (χ2n) is 8.69. The van der Waals surface area contributed by atoms with Crippen LogP contribution in [-0.4, -0.2) is 30.6 Å². The number of fused-ring (bicyclic) bond motifs is 1. The van der Waals surface area contributed by atoms with Gasteiger partial charge < -0.3 is 9.88 Å². The molecule has 2 aromatic rings. The summed E-state index contributed by atoms with van der Waals surface area (Å²) in [6.07, 6.45) is 5.76. The number of rotatable bonds is 3. The van der Waals surface area contributed by atoms with Crippen LogP contribution in [0.2, 0.25) is 0 Å². The van der Waals surface area contributed by atoms with Crippen molar-refractivity contribution >= 4 is 17.1 Å². The van der Waals surface area contributed by atoms with Crippen LogP contribution in [0.25, 0.3) is 11.2 Å². The maximum Gasteiger partial charge on any atom is 0.332 e. The molecule has 2 atom stereocenters. The Hall–Kier alpha value is -2.38. The molecule has 27 heavy (non-hydrogen) atoms. The number of nitrogens with one attached hydrogen (secondary N) is 1. The van der Waals surface area contributed by atoms with Gasteiger partial charge in [-0.2, -0.15) is 0 Å². The largest absolute Gasteiger partial charge is 0.352 e. The molecule has 1 fully saturated rings. The molecule has 0 bridgehead atoms. The fraction of sp³-hybridized carbons (Fsp3) is 0.684. The molecule has 2 heterocycles. The number of carbonyl (C=O) groups excluding carboxylic acids is 1. The quantitative estimate of drug-likeness (QED) is 0.871. The summed E-state index contributed by atoms with van der Waals surface area (Å²) in [4.78, 5) is 42.1. The predicted octanol–water partition coefficient (Wildman–Crippen LogP) is 1.15. The number of nitrogens with zero attached hydrogens (tertiary/aromatic N) is 4. The Kier molecular flexibility index (Phi) is 5.01. The maximum absolute atomic E-state index is 12.7. The van der Waals surface area contributed by atoms with Crippen molar-refractivity contribution in [2.45, 2.75) is 59.0 Å². The van der Waals surface area contributed by atoms with Gasteiger partial charge in [0.2, 0.25) is 5.91 Å². The maximum atomic E-state index is 12.7. The highest BCUT2D eigenvalue weighted by Crippen LogP contribution is 2.37. The van der Waals surface area contributed by atoms with Crippen molar-refractivity contribution in [3.63, 3.8) is 0 Å². The number of imidazole rings is 1. The van der Waals surface area contributed by atoms with Gasteiger partial charge in [-0.05, 0) is 24.2 Å². The van der Waals surface area contributed by atoms with Gasteiger partial charge in [-0.3, -0.25) is 14.2 Å². The molecule has 1 aliphatic carbocycles. The van der Waals surface area contributed by atoms with E-state index in [0.717, 1.165) is 23.8 Å². The van der Waals surface area contributed by atoms with Crippen molar-refractivity contribution in [3.05, 3.63) is 27.2 Å². The Labute approximate surface area is 158 Å². The van der Waals surface area contributed by atoms with Gasteiger partial charge >= 0.3 is 5.69 Å². The lowest BCUT2D eigenvalue weighted by molar-refractivity contribution is -0.123. The standard InChI is InChI=1S/C19H29N5O3/c1-19(2,3)12-8-6-7-9-13(12)21-14(25)10-24-17(26)15-16(20-11-22(15)4)23(5)18(24)27/h11-13H,6-10H2,1-5H3,(H,21,25). The zero-order valence-electron chi connectivity index (χ0n) is 16.8. The summed E-state index contributed by atoms with van der Waals surface area (Å²) in [6.45, 7) is 6.30. The molecule has 0 saturated heterocycles. The van der Waals surface area contributed by atoms with Crippen LogP contribution in [0.3, 0.4) is 0 Å². The highest BCUT2D eigenvalue weighted by atomic mass is 16.2. The zero-order valence-corrected chi connectivity index (χ0v) is 16.8. The van der Waals surface area contributed by atoms with Crippen molar-refractivity contribution < 1.29 is 4.79 Å². The van der Waals surface area contributed by atoms with E-state index in [1.165, 1.54) is 17.3 Å². The lowest BCUT2D eigenvalue weighted by atomic mass is 9.69. The minimum absolute atomic E-state index is 0.0752. The number of hydrogen-bond acceptors (Lipinski definition) is 4. The molecule has 8 nitrogen and oxygen atoms in total. The molecule has 1 saturated carbocycles. The molecular formula is C19H29N5O3. The minimum atomic E-state index is -0.530. The van der Waals surface area contributed by atoms with Gasteiger partial charge in [0.25, 0.3) is 5.56 Å². The van der Waals surface area contributed by atoms with E-state index in [1.807, 2.05) is 0 Å². The molecule has 2 unspecified atom stereocenters. The van der Waals surface area contributed by atoms with E-state index in [-0.39, 0.29) is 23.9 Å². The predicted molar refractivity (Wildman–Crippen MR) is 104 cm³/mol. The number of carbonyl (C=O) groups is 1. The Morgan fingerprint density at radius 3 is 2.56 bits per heavy atom. The Morgan fingerprint density at radius 1 is 1.22 bits per heavy atom. The molecule has 0 spiro atoms. The fourth-order valence-corrected chi connectivity index (χ4v) is 4.27. The first-order valence-electron chi connectivity index (χ1n) is 9.51. The van der Waals surface area contributed by atoms with Gasteiger partial charge in [-0.1, -0.05) is 33.6 Å². The third-order valence-electron chi connectivity index (χ3n) is 5.73. The third kappa shape index (κ3) is 3.57. The molecular weight excluding hydrogens is 346 g/mol. The fourth-order valence-electron chi connectivity index (χ4n) is 4.27. The van der Waals surface area contributed by atoms with Crippen molar-refractivity contribution in [3.8, 4) is 0 Å². The van der Waals surface area contributed by atoms with Crippen LogP contribution in [0.4, 0.5) is 0 Å². The van der Waals surface area contributed by atoms with Gasteiger partial charge in [-0.25, -0.2) is 14.3 Å². The first-order chi connectivity index (χ1) is 12.6. The van der Waals surface area contributed by atoms with Crippen LogP contribution in [0.15, 0.2) is 15.9 Å². The van der Waals surface area contributed by atoms with Crippen LogP contribution in [0.5, 0.6) is 0 Å². The van der Waals surface area contributed by atoms with E-state index in [2.05, 4.69) is 31.1 Å². The molecule has 2 aromatic heterocycles. The van der Waals surface area contributed by atoms with Crippen molar-refractivity contribution in [2.24, 2.45) is 25.4 Å². The smallest absolute Gasteiger partial charge is 0.332 e. The van der Waals surface area contributed by atoms with Gasteiger partial charge in [0.1, 0.15) is 6.54 Å². The second kappa shape index (κ2) is 6.98. The summed E-state index contributed by atoms with van der Waals surface area (Å²) in [7, 11) is 3.25. The summed E-state index contributed by atoms with van der Waals surface area (Å²) in [5.74, 6) is 0.0891. The van der Waals surface area contributed by atoms with Gasteiger partial charge in [-0.15, -0.1) is 0 Å². The van der Waals surface area contributed by atoms with Gasteiger partial charge in [0.05, 0.1) is 6.33 Å². The molecule has 3 rings (SSSR count). The van der Waals surface area contributed by atoms with E-state index in [9.17, 15) is 14.4 Å². The van der Waals surface area contributed by atoms with E-state index >= 15 is 0 Å².